The molecule has 4 aromatic rings. The van der Waals surface area contributed by atoms with Crippen molar-refractivity contribution >= 4 is 49.2 Å². The maximum atomic E-state index is 12.6. The van der Waals surface area contributed by atoms with Gasteiger partial charge in [0.15, 0.2) is 0 Å². The number of anilines is 1. The van der Waals surface area contributed by atoms with Crippen LogP contribution in [-0.4, -0.2) is 34.4 Å². The molecule has 0 aliphatic carbocycles. The molecule has 0 saturated carbocycles. The van der Waals surface area contributed by atoms with Gasteiger partial charge in [0.1, 0.15) is 5.52 Å². The highest BCUT2D eigenvalue weighted by Crippen LogP contribution is 2.28. The predicted molar refractivity (Wildman–Crippen MR) is 107 cm³/mol. The Kier molecular flexibility index (Phi) is 4.28. The summed E-state index contributed by atoms with van der Waals surface area (Å²) in [5, 5.41) is 20.6. The number of fused-ring (bicyclic) bond motifs is 3. The summed E-state index contributed by atoms with van der Waals surface area (Å²) in [5.74, 6) is -1.25. The minimum absolute atomic E-state index is 0.0512. The molecule has 0 unspecified atom stereocenters. The van der Waals surface area contributed by atoms with Crippen molar-refractivity contribution < 1.29 is 23.2 Å². The number of non-ortho nitro benzene ring substituents is 1. The highest BCUT2D eigenvalue weighted by molar-refractivity contribution is 7.92. The lowest BCUT2D eigenvalue weighted by Crippen LogP contribution is -2.13. The molecule has 0 spiro atoms. The zero-order valence-electron chi connectivity index (χ0n) is 14.9. The fourth-order valence-corrected chi connectivity index (χ4v) is 4.17. The van der Waals surface area contributed by atoms with Crippen molar-refractivity contribution in [1.29, 1.82) is 0 Å². The number of carbonyl (C=O) groups is 1. The van der Waals surface area contributed by atoms with E-state index in [0.29, 0.717) is 10.9 Å². The summed E-state index contributed by atoms with van der Waals surface area (Å²) in [4.78, 5) is 38.8. The van der Waals surface area contributed by atoms with Crippen LogP contribution < -0.4 is 10.3 Å². The first-order chi connectivity index (χ1) is 14.2. The van der Waals surface area contributed by atoms with Gasteiger partial charge in [0.25, 0.3) is 21.3 Å². The highest BCUT2D eigenvalue weighted by atomic mass is 32.2. The summed E-state index contributed by atoms with van der Waals surface area (Å²) in [7, 11) is -4.07. The molecule has 4 N–H and O–H groups in total. The van der Waals surface area contributed by atoms with E-state index < -0.39 is 26.5 Å². The molecule has 12 heteroatoms. The third-order valence-electron chi connectivity index (χ3n) is 4.48. The van der Waals surface area contributed by atoms with Crippen LogP contribution in [0, 0.1) is 10.1 Å². The van der Waals surface area contributed by atoms with Gasteiger partial charge < -0.3 is 15.1 Å². The van der Waals surface area contributed by atoms with Crippen LogP contribution in [0.25, 0.3) is 21.8 Å². The van der Waals surface area contributed by atoms with Crippen LogP contribution in [0.1, 0.15) is 10.4 Å². The van der Waals surface area contributed by atoms with Gasteiger partial charge in [0.2, 0.25) is 0 Å². The first-order valence-electron chi connectivity index (χ1n) is 8.35. The Morgan fingerprint density at radius 1 is 1.13 bits per heavy atom. The average molecular weight is 428 g/mol. The number of sulfonamides is 1. The first kappa shape index (κ1) is 19.1. The molecule has 2 aromatic heterocycles. The SMILES string of the molecule is O=C(O)c1c[nH]c2c(=O)[nH]c3ccc(NS(=O)(=O)c4ccc([N+](=O)[O-])cc4)cc3c12. The predicted octanol–water partition coefficient (Wildman–Crippen LogP) is 2.42. The molecule has 0 fully saturated rings. The Balaban J connectivity index is 1.81. The van der Waals surface area contributed by atoms with Crippen molar-refractivity contribution in [2.24, 2.45) is 0 Å². The number of benzene rings is 2. The molecule has 11 nitrogen and oxygen atoms in total. The summed E-state index contributed by atoms with van der Waals surface area (Å²) in [6, 6.07) is 8.60. The second-order valence-corrected chi connectivity index (χ2v) is 8.01. The molecule has 0 amide bonds. The second kappa shape index (κ2) is 6.70. The van der Waals surface area contributed by atoms with E-state index in [4.69, 9.17) is 0 Å². The van der Waals surface area contributed by atoms with Crippen molar-refractivity contribution in [3.05, 3.63) is 74.7 Å². The molecule has 0 aliphatic heterocycles. The molecule has 0 atom stereocenters. The van der Waals surface area contributed by atoms with E-state index in [0.717, 1.165) is 24.3 Å². The first-order valence-corrected chi connectivity index (χ1v) is 9.83. The molecule has 0 saturated heterocycles. The van der Waals surface area contributed by atoms with Gasteiger partial charge in [-0.05, 0) is 30.3 Å². The molecule has 2 heterocycles. The number of rotatable bonds is 5. The average Bonchev–Trinajstić information content (AvgIpc) is 3.15. The van der Waals surface area contributed by atoms with Gasteiger partial charge in [-0.1, -0.05) is 0 Å². The third kappa shape index (κ3) is 3.14. The lowest BCUT2D eigenvalue weighted by Gasteiger charge is -2.10. The number of nitro groups is 1. The van der Waals surface area contributed by atoms with Gasteiger partial charge in [-0.15, -0.1) is 0 Å². The van der Waals surface area contributed by atoms with E-state index in [1.165, 1.54) is 24.4 Å². The van der Waals surface area contributed by atoms with Crippen molar-refractivity contribution in [3.63, 3.8) is 0 Å². The number of aromatic carboxylic acids is 1. The Hall–Kier alpha value is -4.19. The summed E-state index contributed by atoms with van der Waals surface area (Å²) >= 11 is 0. The number of nitrogens with one attached hydrogen (secondary N) is 3. The molecule has 0 radical (unpaired) electrons. The fourth-order valence-electron chi connectivity index (χ4n) is 3.12. The Morgan fingerprint density at radius 2 is 1.83 bits per heavy atom. The molecule has 0 aliphatic rings. The van der Waals surface area contributed by atoms with E-state index in [-0.39, 0.29) is 32.7 Å². The Bertz CT molecular complexity index is 1500. The fraction of sp³-hybridized carbons (Fsp3) is 0. The monoisotopic (exact) mass is 428 g/mol. The van der Waals surface area contributed by atoms with Crippen LogP contribution in [0.15, 0.2) is 58.4 Å². The summed E-state index contributed by atoms with van der Waals surface area (Å²) < 4.78 is 27.6. The molecule has 152 valence electrons. The minimum atomic E-state index is -4.07. The lowest BCUT2D eigenvalue weighted by atomic mass is 10.1. The summed E-state index contributed by atoms with van der Waals surface area (Å²) in [5.41, 5.74) is -0.393. The standard InChI is InChI=1S/C18H12N4O7S/c23-17-16-15(13(8-19-16)18(24)25)12-7-9(1-6-14(12)20-17)21-30(28,29)11-4-2-10(3-5-11)22(26)27/h1-8,19,21H,(H,20,23)(H,24,25). The maximum absolute atomic E-state index is 12.6. The van der Waals surface area contributed by atoms with Crippen LogP contribution in [0.3, 0.4) is 0 Å². The lowest BCUT2D eigenvalue weighted by molar-refractivity contribution is -0.384. The number of hydrogen-bond acceptors (Lipinski definition) is 6. The van der Waals surface area contributed by atoms with Gasteiger partial charge in [-0.2, -0.15) is 0 Å². The number of hydrogen-bond donors (Lipinski definition) is 4. The molecular weight excluding hydrogens is 416 g/mol. The van der Waals surface area contributed by atoms with E-state index >= 15 is 0 Å². The number of aromatic nitrogens is 2. The number of nitrogens with zero attached hydrogens (tertiary/aromatic N) is 1. The van der Waals surface area contributed by atoms with Crippen molar-refractivity contribution in [2.45, 2.75) is 4.90 Å². The normalized spacial score (nSPS) is 11.6. The van der Waals surface area contributed by atoms with E-state index in [2.05, 4.69) is 14.7 Å². The largest absolute Gasteiger partial charge is 0.478 e. The van der Waals surface area contributed by atoms with Gasteiger partial charge in [-0.3, -0.25) is 19.6 Å². The maximum Gasteiger partial charge on any atom is 0.337 e. The number of H-pyrrole nitrogens is 2. The van der Waals surface area contributed by atoms with Gasteiger partial charge in [-0.25, -0.2) is 13.2 Å². The number of aromatic amines is 2. The van der Waals surface area contributed by atoms with Crippen LogP contribution in [0.5, 0.6) is 0 Å². The topological polar surface area (TPSA) is 175 Å². The minimum Gasteiger partial charge on any atom is -0.478 e. The van der Waals surface area contributed by atoms with E-state index in [9.17, 15) is 33.2 Å². The van der Waals surface area contributed by atoms with Crippen LogP contribution in [-0.2, 0) is 10.0 Å². The molecule has 30 heavy (non-hydrogen) atoms. The molecular formula is C18H12N4O7S. The van der Waals surface area contributed by atoms with Crippen molar-refractivity contribution in [2.75, 3.05) is 4.72 Å². The Morgan fingerprint density at radius 3 is 2.47 bits per heavy atom. The second-order valence-electron chi connectivity index (χ2n) is 6.33. The van der Waals surface area contributed by atoms with Crippen LogP contribution in [0.4, 0.5) is 11.4 Å². The number of nitro benzene ring substituents is 1. The molecule has 4 rings (SSSR count). The zero-order chi connectivity index (χ0) is 21.6. The molecule has 0 bridgehead atoms. The summed E-state index contributed by atoms with van der Waals surface area (Å²) in [6.45, 7) is 0. The van der Waals surface area contributed by atoms with E-state index in [1.54, 1.807) is 0 Å². The Labute approximate surface area is 167 Å². The zero-order valence-corrected chi connectivity index (χ0v) is 15.7. The highest BCUT2D eigenvalue weighted by Gasteiger charge is 2.19. The quantitative estimate of drug-likeness (QED) is 0.279. The van der Waals surface area contributed by atoms with Crippen LogP contribution >= 0.6 is 0 Å². The third-order valence-corrected chi connectivity index (χ3v) is 5.88. The van der Waals surface area contributed by atoms with Gasteiger partial charge in [0.05, 0.1) is 15.4 Å². The van der Waals surface area contributed by atoms with Gasteiger partial charge in [0, 0.05) is 40.3 Å². The molecule has 2 aromatic carbocycles. The number of pyridine rings is 1. The van der Waals surface area contributed by atoms with Gasteiger partial charge >= 0.3 is 5.97 Å². The van der Waals surface area contributed by atoms with Crippen molar-refractivity contribution in [3.8, 4) is 0 Å². The number of carboxylic acid groups (broad SMARTS) is 1. The number of carboxylic acids is 1. The van der Waals surface area contributed by atoms with E-state index in [1.807, 2.05) is 0 Å². The van der Waals surface area contributed by atoms with Crippen molar-refractivity contribution in [1.82, 2.24) is 9.97 Å². The van der Waals surface area contributed by atoms with Crippen LogP contribution in [0.2, 0.25) is 0 Å². The smallest absolute Gasteiger partial charge is 0.337 e. The summed E-state index contributed by atoms with van der Waals surface area (Å²) in [6.07, 6.45) is 1.19.